The Kier molecular flexibility index (Phi) is 8.63. The molecule has 0 aliphatic carbocycles. The molecule has 1 N–H and O–H groups in total. The quantitative estimate of drug-likeness (QED) is 0.270. The third kappa shape index (κ3) is 6.27. The lowest BCUT2D eigenvalue weighted by molar-refractivity contribution is 0.0413. The largest absolute Gasteiger partial charge is 0.485 e. The van der Waals surface area contributed by atoms with E-state index in [2.05, 4.69) is 13.0 Å². The fourth-order valence-corrected chi connectivity index (χ4v) is 4.62. The van der Waals surface area contributed by atoms with E-state index in [4.69, 9.17) is 9.72 Å². The number of aryl methyl sites for hydroxylation is 2. The second-order valence-corrected chi connectivity index (χ2v) is 10.2. The maximum absolute atomic E-state index is 14.0. The summed E-state index contributed by atoms with van der Waals surface area (Å²) in [5.41, 5.74) is 4.89. The van der Waals surface area contributed by atoms with E-state index < -0.39 is 5.60 Å². The van der Waals surface area contributed by atoms with Crippen LogP contribution in [0.5, 0.6) is 5.75 Å². The van der Waals surface area contributed by atoms with Crippen molar-refractivity contribution in [3.8, 4) is 34.1 Å². The molecule has 0 amide bonds. The first-order chi connectivity index (χ1) is 18.8. The van der Waals surface area contributed by atoms with Gasteiger partial charge in [0.25, 0.3) is 5.56 Å². The Morgan fingerprint density at radius 3 is 2.26 bits per heavy atom. The Hall–Kier alpha value is -4.21. The SMILES string of the molecule is CCCc1nc(CC)c(-c2ccc(OC(C)(C)CO)cc2)c(=O)n1Cc1ccc(-c2ccccc2C#N)cc1. The number of aromatic nitrogens is 2. The predicted molar refractivity (Wildman–Crippen MR) is 155 cm³/mol. The first-order valence-electron chi connectivity index (χ1n) is 13.4. The maximum Gasteiger partial charge on any atom is 0.261 e. The van der Waals surface area contributed by atoms with Crippen LogP contribution in [0.4, 0.5) is 0 Å². The van der Waals surface area contributed by atoms with Crippen molar-refractivity contribution in [1.29, 1.82) is 5.26 Å². The summed E-state index contributed by atoms with van der Waals surface area (Å²) >= 11 is 0. The average Bonchev–Trinajstić information content (AvgIpc) is 2.95. The number of hydrogen-bond acceptors (Lipinski definition) is 5. The minimum Gasteiger partial charge on any atom is -0.485 e. The number of nitriles is 1. The molecule has 4 rings (SSSR count). The molecule has 0 saturated heterocycles. The molecule has 0 unspecified atom stereocenters. The first kappa shape index (κ1) is 27.8. The summed E-state index contributed by atoms with van der Waals surface area (Å²) in [5, 5.41) is 19.0. The summed E-state index contributed by atoms with van der Waals surface area (Å²) in [6, 6.07) is 25.2. The van der Waals surface area contributed by atoms with Crippen molar-refractivity contribution in [3.63, 3.8) is 0 Å². The monoisotopic (exact) mass is 521 g/mol. The van der Waals surface area contributed by atoms with Crippen LogP contribution in [0.25, 0.3) is 22.3 Å². The number of aliphatic hydroxyl groups excluding tert-OH is 1. The van der Waals surface area contributed by atoms with Crippen LogP contribution in [0.15, 0.2) is 77.6 Å². The number of ether oxygens (including phenoxy) is 1. The van der Waals surface area contributed by atoms with Gasteiger partial charge < -0.3 is 9.84 Å². The molecule has 1 aromatic heterocycles. The highest BCUT2D eigenvalue weighted by Crippen LogP contribution is 2.27. The molecule has 0 saturated carbocycles. The first-order valence-corrected chi connectivity index (χ1v) is 13.4. The zero-order valence-electron chi connectivity index (χ0n) is 23.1. The van der Waals surface area contributed by atoms with Gasteiger partial charge in [-0.3, -0.25) is 9.36 Å². The van der Waals surface area contributed by atoms with E-state index in [1.165, 1.54) is 0 Å². The molecule has 4 aromatic rings. The molecule has 0 aliphatic rings. The topological polar surface area (TPSA) is 88.1 Å². The number of hydrogen-bond donors (Lipinski definition) is 1. The van der Waals surface area contributed by atoms with Crippen molar-refractivity contribution in [3.05, 3.63) is 106 Å². The Balaban J connectivity index is 1.72. The minimum atomic E-state index is -0.696. The molecule has 6 nitrogen and oxygen atoms in total. The van der Waals surface area contributed by atoms with Gasteiger partial charge >= 0.3 is 0 Å². The lowest BCUT2D eigenvalue weighted by Crippen LogP contribution is -2.32. The fraction of sp³-hybridized carbons (Fsp3) is 0.303. The molecule has 0 aliphatic heterocycles. The number of benzene rings is 3. The average molecular weight is 522 g/mol. The van der Waals surface area contributed by atoms with E-state index in [9.17, 15) is 15.2 Å². The van der Waals surface area contributed by atoms with Crippen LogP contribution >= 0.6 is 0 Å². The smallest absolute Gasteiger partial charge is 0.261 e. The minimum absolute atomic E-state index is 0.0615. The van der Waals surface area contributed by atoms with Gasteiger partial charge in [0.2, 0.25) is 0 Å². The molecule has 0 bridgehead atoms. The van der Waals surface area contributed by atoms with Crippen molar-refractivity contribution in [1.82, 2.24) is 9.55 Å². The Morgan fingerprint density at radius 1 is 0.974 bits per heavy atom. The van der Waals surface area contributed by atoms with E-state index >= 15 is 0 Å². The van der Waals surface area contributed by atoms with E-state index in [0.29, 0.717) is 36.3 Å². The zero-order chi connectivity index (χ0) is 28.0. The normalized spacial score (nSPS) is 11.3. The molecular weight excluding hydrogens is 486 g/mol. The molecule has 1 heterocycles. The molecule has 3 aromatic carbocycles. The summed E-state index contributed by atoms with van der Waals surface area (Å²) in [4.78, 5) is 19.0. The van der Waals surface area contributed by atoms with Gasteiger partial charge in [0.05, 0.1) is 36.0 Å². The Morgan fingerprint density at radius 2 is 1.64 bits per heavy atom. The summed E-state index contributed by atoms with van der Waals surface area (Å²) in [6.45, 7) is 8.05. The van der Waals surface area contributed by atoms with Crippen LogP contribution in [-0.4, -0.2) is 26.9 Å². The van der Waals surface area contributed by atoms with Gasteiger partial charge in [0.1, 0.15) is 17.2 Å². The maximum atomic E-state index is 14.0. The molecule has 39 heavy (non-hydrogen) atoms. The van der Waals surface area contributed by atoms with Gasteiger partial charge in [0, 0.05) is 6.42 Å². The highest BCUT2D eigenvalue weighted by molar-refractivity contribution is 5.70. The molecule has 0 radical (unpaired) electrons. The zero-order valence-corrected chi connectivity index (χ0v) is 23.1. The van der Waals surface area contributed by atoms with E-state index in [1.807, 2.05) is 93.6 Å². The van der Waals surface area contributed by atoms with Gasteiger partial charge in [-0.2, -0.15) is 5.26 Å². The van der Waals surface area contributed by atoms with Crippen LogP contribution < -0.4 is 10.3 Å². The summed E-state index contributed by atoms with van der Waals surface area (Å²) in [6.07, 6.45) is 2.23. The molecular formula is C33H35N3O3. The van der Waals surface area contributed by atoms with E-state index in [1.54, 1.807) is 4.57 Å². The fourth-order valence-electron chi connectivity index (χ4n) is 4.62. The molecule has 0 atom stereocenters. The second kappa shape index (κ2) is 12.1. The Labute approximate surface area is 230 Å². The standard InChI is InChI=1S/C33H35N3O3/c1-5-9-30-35-29(6-2)31(25-16-18-27(19-17-25)39-33(3,4)22-37)32(38)36(30)21-23-12-14-24(15-13-23)28-11-8-7-10-26(28)20-34/h7-8,10-19,37H,5-6,9,21-22H2,1-4H3. The van der Waals surface area contributed by atoms with Crippen molar-refractivity contribution < 1.29 is 9.84 Å². The number of aliphatic hydroxyl groups is 1. The van der Waals surface area contributed by atoms with Crippen molar-refractivity contribution >= 4 is 0 Å². The van der Waals surface area contributed by atoms with Crippen molar-refractivity contribution in [2.45, 2.75) is 59.1 Å². The van der Waals surface area contributed by atoms with Crippen LogP contribution in [0.1, 0.15) is 56.8 Å². The highest BCUT2D eigenvalue weighted by Gasteiger charge is 2.20. The van der Waals surface area contributed by atoms with Gasteiger partial charge in [-0.15, -0.1) is 0 Å². The summed E-state index contributed by atoms with van der Waals surface area (Å²) in [7, 11) is 0. The number of nitrogens with zero attached hydrogens (tertiary/aromatic N) is 3. The summed E-state index contributed by atoms with van der Waals surface area (Å²) < 4.78 is 7.66. The van der Waals surface area contributed by atoms with Gasteiger partial charge in [-0.1, -0.05) is 68.4 Å². The van der Waals surface area contributed by atoms with Crippen LogP contribution in [0.2, 0.25) is 0 Å². The Bertz CT molecular complexity index is 1530. The van der Waals surface area contributed by atoms with E-state index in [0.717, 1.165) is 40.2 Å². The molecule has 0 fully saturated rings. The van der Waals surface area contributed by atoms with Crippen molar-refractivity contribution in [2.24, 2.45) is 0 Å². The third-order valence-corrected chi connectivity index (χ3v) is 6.70. The highest BCUT2D eigenvalue weighted by atomic mass is 16.5. The van der Waals surface area contributed by atoms with Gasteiger partial charge in [-0.05, 0) is 67.1 Å². The van der Waals surface area contributed by atoms with Crippen LogP contribution in [-0.2, 0) is 19.4 Å². The van der Waals surface area contributed by atoms with Crippen molar-refractivity contribution in [2.75, 3.05) is 6.61 Å². The molecule has 0 spiro atoms. The second-order valence-electron chi connectivity index (χ2n) is 10.2. The molecule has 200 valence electrons. The predicted octanol–water partition coefficient (Wildman–Crippen LogP) is 6.16. The van der Waals surface area contributed by atoms with Crippen LogP contribution in [0, 0.1) is 11.3 Å². The lowest BCUT2D eigenvalue weighted by Gasteiger charge is -2.24. The summed E-state index contributed by atoms with van der Waals surface area (Å²) in [5.74, 6) is 1.41. The van der Waals surface area contributed by atoms with E-state index in [-0.39, 0.29) is 12.2 Å². The van der Waals surface area contributed by atoms with Gasteiger partial charge in [-0.25, -0.2) is 4.98 Å². The third-order valence-electron chi connectivity index (χ3n) is 6.70. The number of rotatable bonds is 10. The van der Waals surface area contributed by atoms with Crippen LogP contribution in [0.3, 0.4) is 0 Å². The molecule has 6 heteroatoms. The lowest BCUT2D eigenvalue weighted by atomic mass is 9.99. The van der Waals surface area contributed by atoms with Gasteiger partial charge in [0.15, 0.2) is 0 Å².